The summed E-state index contributed by atoms with van der Waals surface area (Å²) in [6.07, 6.45) is 5.52. The van der Waals surface area contributed by atoms with Gasteiger partial charge < -0.3 is 11.1 Å². The third-order valence-corrected chi connectivity index (χ3v) is 3.60. The van der Waals surface area contributed by atoms with Gasteiger partial charge in [0.1, 0.15) is 0 Å². The lowest BCUT2D eigenvalue weighted by Crippen LogP contribution is -2.59. The zero-order valence-corrected chi connectivity index (χ0v) is 11.4. The first-order valence-corrected chi connectivity index (χ1v) is 6.30. The van der Waals surface area contributed by atoms with Crippen molar-refractivity contribution in [3.63, 3.8) is 0 Å². The number of hydrogen-bond acceptors (Lipinski definition) is 2. The largest absolute Gasteiger partial charge is 0.329 e. The molecule has 1 aliphatic rings. The summed E-state index contributed by atoms with van der Waals surface area (Å²) in [6, 6.07) is 0. The second-order valence-corrected chi connectivity index (χ2v) is 7.01. The highest BCUT2D eigenvalue weighted by Gasteiger charge is 2.46. The second kappa shape index (κ2) is 4.50. The van der Waals surface area contributed by atoms with E-state index in [0.717, 1.165) is 19.4 Å². The Morgan fingerprint density at radius 1 is 1.12 bits per heavy atom. The fraction of sp³-hybridized carbons (Fsp3) is 0.857. The van der Waals surface area contributed by atoms with Gasteiger partial charge in [-0.2, -0.15) is 0 Å². The monoisotopic (exact) mass is 224 g/mol. The molecule has 0 spiro atoms. The molecule has 0 amide bonds. The number of hydrogen-bond donors (Lipinski definition) is 2. The standard InChI is InChI=1S/C14H28N2/c1-6-7-16-14(11-15)9-12(2,3)8-13(4,5)10-14/h6,16H,1,7-11,15H2,2-5H3. The van der Waals surface area contributed by atoms with Gasteiger partial charge in [0.15, 0.2) is 0 Å². The molecule has 16 heavy (non-hydrogen) atoms. The second-order valence-electron chi connectivity index (χ2n) is 7.01. The van der Waals surface area contributed by atoms with E-state index in [2.05, 4.69) is 39.6 Å². The summed E-state index contributed by atoms with van der Waals surface area (Å²) in [5.74, 6) is 0. The fourth-order valence-corrected chi connectivity index (χ4v) is 3.95. The van der Waals surface area contributed by atoms with Gasteiger partial charge in [0.2, 0.25) is 0 Å². The molecule has 0 heterocycles. The predicted molar refractivity (Wildman–Crippen MR) is 71.4 cm³/mol. The molecule has 94 valence electrons. The van der Waals surface area contributed by atoms with E-state index in [0.29, 0.717) is 17.4 Å². The molecule has 0 bridgehead atoms. The molecule has 1 aliphatic carbocycles. The van der Waals surface area contributed by atoms with Crippen LogP contribution >= 0.6 is 0 Å². The molecular weight excluding hydrogens is 196 g/mol. The summed E-state index contributed by atoms with van der Waals surface area (Å²) >= 11 is 0. The van der Waals surface area contributed by atoms with E-state index in [9.17, 15) is 0 Å². The average Bonchev–Trinajstić information content (AvgIpc) is 2.10. The summed E-state index contributed by atoms with van der Waals surface area (Å²) in [5.41, 5.74) is 6.86. The van der Waals surface area contributed by atoms with E-state index < -0.39 is 0 Å². The minimum Gasteiger partial charge on any atom is -0.329 e. The average molecular weight is 224 g/mol. The van der Waals surface area contributed by atoms with Gasteiger partial charge in [-0.15, -0.1) is 6.58 Å². The van der Waals surface area contributed by atoms with Crippen LogP contribution < -0.4 is 11.1 Å². The molecule has 0 atom stereocenters. The lowest BCUT2D eigenvalue weighted by molar-refractivity contribution is 0.0344. The highest BCUT2D eigenvalue weighted by atomic mass is 15.0. The van der Waals surface area contributed by atoms with Gasteiger partial charge in [0.25, 0.3) is 0 Å². The summed E-state index contributed by atoms with van der Waals surface area (Å²) < 4.78 is 0. The normalized spacial score (nSPS) is 26.3. The quantitative estimate of drug-likeness (QED) is 0.721. The van der Waals surface area contributed by atoms with Crippen LogP contribution in [0.1, 0.15) is 47.0 Å². The molecule has 1 rings (SSSR count). The molecule has 3 N–H and O–H groups in total. The molecule has 0 unspecified atom stereocenters. The topological polar surface area (TPSA) is 38.0 Å². The van der Waals surface area contributed by atoms with Crippen molar-refractivity contribution in [3.05, 3.63) is 12.7 Å². The third-order valence-electron chi connectivity index (χ3n) is 3.60. The lowest BCUT2D eigenvalue weighted by Gasteiger charge is -2.52. The fourth-order valence-electron chi connectivity index (χ4n) is 3.95. The van der Waals surface area contributed by atoms with Gasteiger partial charge in [-0.1, -0.05) is 33.8 Å². The van der Waals surface area contributed by atoms with Crippen LogP contribution in [0, 0.1) is 10.8 Å². The number of rotatable bonds is 4. The first kappa shape index (κ1) is 13.7. The minimum absolute atomic E-state index is 0.0967. The van der Waals surface area contributed by atoms with Crippen molar-refractivity contribution < 1.29 is 0 Å². The Morgan fingerprint density at radius 3 is 2.00 bits per heavy atom. The molecule has 0 aromatic heterocycles. The van der Waals surface area contributed by atoms with Crippen LogP contribution in [0.15, 0.2) is 12.7 Å². The predicted octanol–water partition coefficient (Wildman–Crippen LogP) is 2.70. The van der Waals surface area contributed by atoms with Crippen molar-refractivity contribution in [2.24, 2.45) is 16.6 Å². The van der Waals surface area contributed by atoms with Crippen LogP contribution in [0.4, 0.5) is 0 Å². The van der Waals surface area contributed by atoms with Crippen molar-refractivity contribution in [3.8, 4) is 0 Å². The molecule has 2 heteroatoms. The lowest BCUT2D eigenvalue weighted by atomic mass is 9.58. The third kappa shape index (κ3) is 3.33. The van der Waals surface area contributed by atoms with Crippen LogP contribution in [0.5, 0.6) is 0 Å². The first-order valence-electron chi connectivity index (χ1n) is 6.30. The highest BCUT2D eigenvalue weighted by molar-refractivity contribution is 5.04. The summed E-state index contributed by atoms with van der Waals surface area (Å²) in [4.78, 5) is 0. The van der Waals surface area contributed by atoms with Gasteiger partial charge in [-0.3, -0.25) is 0 Å². The van der Waals surface area contributed by atoms with Crippen LogP contribution in [-0.2, 0) is 0 Å². The van der Waals surface area contributed by atoms with Gasteiger partial charge >= 0.3 is 0 Å². The van der Waals surface area contributed by atoms with E-state index in [1.807, 2.05) is 6.08 Å². The highest BCUT2D eigenvalue weighted by Crippen LogP contribution is 2.49. The first-order chi connectivity index (χ1) is 7.24. The molecule has 1 saturated carbocycles. The van der Waals surface area contributed by atoms with E-state index in [1.54, 1.807) is 0 Å². The summed E-state index contributed by atoms with van der Waals surface area (Å²) in [5, 5.41) is 3.60. The minimum atomic E-state index is 0.0967. The maximum absolute atomic E-state index is 6.02. The Labute approximate surface area is 101 Å². The zero-order chi connectivity index (χ0) is 12.4. The van der Waals surface area contributed by atoms with E-state index in [-0.39, 0.29) is 5.54 Å². The number of nitrogens with two attached hydrogens (primary N) is 1. The Morgan fingerprint density at radius 2 is 1.62 bits per heavy atom. The zero-order valence-electron chi connectivity index (χ0n) is 11.4. The Hall–Kier alpha value is -0.340. The Kier molecular flexibility index (Phi) is 3.86. The molecule has 0 aromatic rings. The van der Waals surface area contributed by atoms with Crippen LogP contribution in [-0.4, -0.2) is 18.6 Å². The van der Waals surface area contributed by atoms with Crippen molar-refractivity contribution in [2.45, 2.75) is 52.5 Å². The summed E-state index contributed by atoms with van der Waals surface area (Å²) in [7, 11) is 0. The molecule has 0 aromatic carbocycles. The molecule has 2 nitrogen and oxygen atoms in total. The SMILES string of the molecule is C=CCNC1(CN)CC(C)(C)CC(C)(C)C1. The molecule has 1 fully saturated rings. The summed E-state index contributed by atoms with van der Waals surface area (Å²) in [6.45, 7) is 14.8. The van der Waals surface area contributed by atoms with Gasteiger partial charge in [0.05, 0.1) is 0 Å². The van der Waals surface area contributed by atoms with E-state index in [1.165, 1.54) is 6.42 Å². The maximum atomic E-state index is 6.02. The van der Waals surface area contributed by atoms with Gasteiger partial charge in [-0.25, -0.2) is 0 Å². The smallest absolute Gasteiger partial charge is 0.0316 e. The molecule has 0 aliphatic heterocycles. The Bertz CT molecular complexity index is 237. The van der Waals surface area contributed by atoms with Crippen molar-refractivity contribution in [1.82, 2.24) is 5.32 Å². The van der Waals surface area contributed by atoms with Crippen molar-refractivity contribution >= 4 is 0 Å². The number of nitrogens with one attached hydrogen (secondary N) is 1. The van der Waals surface area contributed by atoms with Crippen LogP contribution in [0.25, 0.3) is 0 Å². The van der Waals surface area contributed by atoms with Gasteiger partial charge in [0, 0.05) is 18.6 Å². The van der Waals surface area contributed by atoms with Crippen molar-refractivity contribution in [2.75, 3.05) is 13.1 Å². The molecule has 0 radical (unpaired) electrons. The molecule has 0 saturated heterocycles. The van der Waals surface area contributed by atoms with Gasteiger partial charge in [-0.05, 0) is 30.1 Å². The van der Waals surface area contributed by atoms with E-state index >= 15 is 0 Å². The molecular formula is C14H28N2. The van der Waals surface area contributed by atoms with Crippen LogP contribution in [0.3, 0.4) is 0 Å². The maximum Gasteiger partial charge on any atom is 0.0316 e. The van der Waals surface area contributed by atoms with Crippen molar-refractivity contribution in [1.29, 1.82) is 0 Å². The van der Waals surface area contributed by atoms with E-state index in [4.69, 9.17) is 5.73 Å². The Balaban J connectivity index is 2.87. The van der Waals surface area contributed by atoms with Crippen LogP contribution in [0.2, 0.25) is 0 Å².